The first-order valence-corrected chi connectivity index (χ1v) is 16.0. The Bertz CT molecular complexity index is 770. The molecule has 0 aromatic heterocycles. The van der Waals surface area contributed by atoms with Crippen molar-refractivity contribution in [2.24, 2.45) is 35.5 Å². The maximum Gasteiger partial charge on any atom is 0.389 e. The van der Waals surface area contributed by atoms with Crippen LogP contribution in [0.1, 0.15) is 110 Å². The molecule has 2 aliphatic carbocycles. The van der Waals surface area contributed by atoms with E-state index in [9.17, 15) is 26.3 Å². The van der Waals surface area contributed by atoms with Crippen LogP contribution in [0.3, 0.4) is 0 Å². The molecule has 0 aromatic rings. The van der Waals surface area contributed by atoms with E-state index in [4.69, 9.17) is 18.9 Å². The molecule has 10 heteroatoms. The van der Waals surface area contributed by atoms with Gasteiger partial charge < -0.3 is 18.9 Å². The molecule has 0 bridgehead atoms. The van der Waals surface area contributed by atoms with Gasteiger partial charge in [0.1, 0.15) is 0 Å². The highest BCUT2D eigenvalue weighted by molar-refractivity contribution is 5.04. The van der Waals surface area contributed by atoms with E-state index in [0.717, 1.165) is 57.8 Å². The fourth-order valence-corrected chi connectivity index (χ4v) is 7.70. The third-order valence-electron chi connectivity index (χ3n) is 10.3. The molecular formula is C31H50F6O4. The summed E-state index contributed by atoms with van der Waals surface area (Å²) in [5.41, 5.74) is 0. The van der Waals surface area contributed by atoms with Crippen molar-refractivity contribution in [3.63, 3.8) is 0 Å². The number of alkyl halides is 6. The molecule has 0 radical (unpaired) electrons. The summed E-state index contributed by atoms with van der Waals surface area (Å²) in [6.07, 6.45) is -0.392. The summed E-state index contributed by atoms with van der Waals surface area (Å²) in [5, 5.41) is 0. The molecule has 4 aliphatic rings. The van der Waals surface area contributed by atoms with Gasteiger partial charge in [-0.05, 0) is 76.0 Å². The smallest absolute Gasteiger partial charge is 0.345 e. The van der Waals surface area contributed by atoms with Crippen molar-refractivity contribution in [2.75, 3.05) is 26.4 Å². The number of hydrogen-bond donors (Lipinski definition) is 0. The molecular weight excluding hydrogens is 550 g/mol. The van der Waals surface area contributed by atoms with Gasteiger partial charge in [0.2, 0.25) is 11.6 Å². The molecule has 240 valence electrons. The summed E-state index contributed by atoms with van der Waals surface area (Å²) in [6.45, 7) is 5.60. The average Bonchev–Trinajstić information content (AvgIpc) is 2.93. The summed E-state index contributed by atoms with van der Waals surface area (Å²) in [7, 11) is 0. The van der Waals surface area contributed by atoms with Crippen molar-refractivity contribution in [1.82, 2.24) is 0 Å². The van der Waals surface area contributed by atoms with Crippen LogP contribution >= 0.6 is 0 Å². The fraction of sp³-hybridized carbons (Fsp3) is 1.00. The highest BCUT2D eigenvalue weighted by Crippen LogP contribution is 2.55. The maximum absolute atomic E-state index is 12.8. The van der Waals surface area contributed by atoms with Crippen LogP contribution in [0.4, 0.5) is 26.3 Å². The predicted molar refractivity (Wildman–Crippen MR) is 143 cm³/mol. The quantitative estimate of drug-likeness (QED) is 0.234. The van der Waals surface area contributed by atoms with Crippen molar-refractivity contribution < 1.29 is 45.3 Å². The molecule has 0 spiro atoms. The van der Waals surface area contributed by atoms with Gasteiger partial charge in [0.05, 0.1) is 26.4 Å². The number of rotatable bonds is 10. The SMILES string of the molecule is CCC1CCC(C2(C3(C4CCC(C)CC4)OCC(CCCC(F)(F)F)CO3)OCC(CCCC(F)(F)F)CO2)CC1. The van der Waals surface area contributed by atoms with Gasteiger partial charge in [0.25, 0.3) is 0 Å². The highest BCUT2D eigenvalue weighted by atomic mass is 19.4. The van der Waals surface area contributed by atoms with Crippen LogP contribution in [0.25, 0.3) is 0 Å². The van der Waals surface area contributed by atoms with E-state index in [1.807, 2.05) is 0 Å². The Balaban J connectivity index is 1.54. The predicted octanol–water partition coefficient (Wildman–Crippen LogP) is 9.21. The Labute approximate surface area is 241 Å². The lowest BCUT2D eigenvalue weighted by Gasteiger charge is -2.60. The van der Waals surface area contributed by atoms with E-state index in [-0.39, 0.29) is 62.9 Å². The molecule has 41 heavy (non-hydrogen) atoms. The fourth-order valence-electron chi connectivity index (χ4n) is 7.70. The molecule has 4 fully saturated rings. The normalized spacial score (nSPS) is 39.5. The lowest BCUT2D eigenvalue weighted by Crippen LogP contribution is -2.72. The molecule has 4 rings (SSSR count). The van der Waals surface area contributed by atoms with Crippen molar-refractivity contribution >= 4 is 0 Å². The molecule has 0 aromatic carbocycles. The van der Waals surface area contributed by atoms with Gasteiger partial charge in [0, 0.05) is 36.5 Å². The Hall–Kier alpha value is -0.580. The number of hydrogen-bond acceptors (Lipinski definition) is 4. The van der Waals surface area contributed by atoms with Crippen LogP contribution in [0.5, 0.6) is 0 Å². The molecule has 2 heterocycles. The molecule has 0 atom stereocenters. The molecule has 2 aliphatic heterocycles. The van der Waals surface area contributed by atoms with E-state index < -0.39 is 36.8 Å². The lowest BCUT2D eigenvalue weighted by atomic mass is 9.68. The van der Waals surface area contributed by atoms with Crippen molar-refractivity contribution in [3.05, 3.63) is 0 Å². The van der Waals surface area contributed by atoms with Gasteiger partial charge in [-0.25, -0.2) is 0 Å². The average molecular weight is 601 g/mol. The summed E-state index contributed by atoms with van der Waals surface area (Å²) < 4.78 is 104. The van der Waals surface area contributed by atoms with Gasteiger partial charge in [-0.3, -0.25) is 0 Å². The van der Waals surface area contributed by atoms with E-state index in [1.54, 1.807) is 0 Å². The van der Waals surface area contributed by atoms with Crippen LogP contribution < -0.4 is 0 Å². The second-order valence-corrected chi connectivity index (χ2v) is 13.4. The maximum atomic E-state index is 12.8. The third kappa shape index (κ3) is 8.53. The topological polar surface area (TPSA) is 36.9 Å². The molecule has 0 N–H and O–H groups in total. The van der Waals surface area contributed by atoms with Crippen molar-refractivity contribution in [2.45, 2.75) is 134 Å². The third-order valence-corrected chi connectivity index (χ3v) is 10.3. The van der Waals surface area contributed by atoms with E-state index in [0.29, 0.717) is 24.7 Å². The van der Waals surface area contributed by atoms with E-state index in [2.05, 4.69) is 13.8 Å². The van der Waals surface area contributed by atoms with Crippen molar-refractivity contribution in [1.29, 1.82) is 0 Å². The van der Waals surface area contributed by atoms with Crippen LogP contribution in [0.2, 0.25) is 0 Å². The zero-order chi connectivity index (χ0) is 29.7. The minimum Gasteiger partial charge on any atom is -0.345 e. The van der Waals surface area contributed by atoms with Crippen molar-refractivity contribution in [3.8, 4) is 0 Å². The molecule has 4 nitrogen and oxygen atoms in total. The molecule has 0 amide bonds. The Morgan fingerprint density at radius 3 is 1.27 bits per heavy atom. The summed E-state index contributed by atoms with van der Waals surface area (Å²) in [6, 6.07) is 0. The second-order valence-electron chi connectivity index (χ2n) is 13.4. The largest absolute Gasteiger partial charge is 0.389 e. The second kappa shape index (κ2) is 14.0. The Morgan fingerprint density at radius 1 is 0.561 bits per heavy atom. The van der Waals surface area contributed by atoms with Crippen LogP contribution in [0, 0.1) is 35.5 Å². The first kappa shape index (κ1) is 33.3. The molecule has 2 saturated heterocycles. The zero-order valence-corrected chi connectivity index (χ0v) is 24.8. The van der Waals surface area contributed by atoms with Crippen LogP contribution in [-0.4, -0.2) is 50.4 Å². The Morgan fingerprint density at radius 2 is 0.927 bits per heavy atom. The number of ether oxygens (including phenoxy) is 4. The minimum absolute atomic E-state index is 0.0144. The van der Waals surface area contributed by atoms with Gasteiger partial charge in [-0.1, -0.05) is 33.1 Å². The van der Waals surface area contributed by atoms with Gasteiger partial charge in [0.15, 0.2) is 0 Å². The molecule has 2 saturated carbocycles. The first-order chi connectivity index (χ1) is 19.4. The minimum atomic E-state index is -4.18. The zero-order valence-electron chi connectivity index (χ0n) is 24.8. The lowest BCUT2D eigenvalue weighted by molar-refractivity contribution is -0.476. The highest BCUT2D eigenvalue weighted by Gasteiger charge is 2.66. The Kier molecular flexibility index (Phi) is 11.4. The van der Waals surface area contributed by atoms with Gasteiger partial charge in [-0.15, -0.1) is 0 Å². The number of halogens is 6. The summed E-state index contributed by atoms with van der Waals surface area (Å²) in [5.74, 6) is -1.37. The monoisotopic (exact) mass is 600 g/mol. The van der Waals surface area contributed by atoms with Crippen LogP contribution in [0.15, 0.2) is 0 Å². The van der Waals surface area contributed by atoms with Crippen LogP contribution in [-0.2, 0) is 18.9 Å². The summed E-state index contributed by atoms with van der Waals surface area (Å²) in [4.78, 5) is 0. The first-order valence-electron chi connectivity index (χ1n) is 16.0. The van der Waals surface area contributed by atoms with E-state index in [1.165, 1.54) is 0 Å². The van der Waals surface area contributed by atoms with Gasteiger partial charge >= 0.3 is 12.4 Å². The molecule has 0 unspecified atom stereocenters. The van der Waals surface area contributed by atoms with E-state index >= 15 is 0 Å². The van der Waals surface area contributed by atoms with Gasteiger partial charge in [-0.2, -0.15) is 26.3 Å². The standard InChI is InChI=1S/C31H50F6O4/c1-3-23-10-14-27(15-11-23)31(40-20-25(21-41-31)7-5-17-29(35,36)37)30(26-12-8-22(2)9-13-26)38-18-24(19-39-30)6-4-16-28(32,33)34/h22-27H,3-21H2,1-2H3. The summed E-state index contributed by atoms with van der Waals surface area (Å²) >= 11 is 0.